The van der Waals surface area contributed by atoms with Crippen LogP contribution in [0.3, 0.4) is 0 Å². The van der Waals surface area contributed by atoms with Gasteiger partial charge in [-0.3, -0.25) is 4.98 Å². The molecular weight excluding hydrogens is 236 g/mol. The highest BCUT2D eigenvalue weighted by molar-refractivity contribution is 5.37. The fourth-order valence-corrected chi connectivity index (χ4v) is 1.97. The van der Waals surface area contributed by atoms with Crippen LogP contribution < -0.4 is 10.2 Å². The van der Waals surface area contributed by atoms with Crippen molar-refractivity contribution >= 4 is 5.82 Å². The Morgan fingerprint density at radius 3 is 2.63 bits per heavy atom. The average molecular weight is 262 g/mol. The minimum absolute atomic E-state index is 0.221. The van der Waals surface area contributed by atoms with E-state index < -0.39 is 0 Å². The van der Waals surface area contributed by atoms with Crippen molar-refractivity contribution in [2.24, 2.45) is 5.41 Å². The molecule has 4 heteroatoms. The molecule has 1 fully saturated rings. The Morgan fingerprint density at radius 1 is 1.37 bits per heavy atom. The molecule has 1 aromatic rings. The third-order valence-electron chi connectivity index (χ3n) is 4.02. The molecule has 106 valence electrons. The SMILES string of the molecule is CC(N(C)c1cncc(CNC2CC2)n1)C(C)(C)C. The third kappa shape index (κ3) is 3.90. The van der Waals surface area contributed by atoms with Crippen molar-refractivity contribution in [3.05, 3.63) is 18.1 Å². The van der Waals surface area contributed by atoms with Crippen LogP contribution in [0, 0.1) is 5.41 Å². The summed E-state index contributed by atoms with van der Waals surface area (Å²) in [7, 11) is 2.10. The third-order valence-corrected chi connectivity index (χ3v) is 4.02. The maximum absolute atomic E-state index is 4.71. The van der Waals surface area contributed by atoms with Gasteiger partial charge in [0.15, 0.2) is 0 Å². The number of anilines is 1. The molecule has 19 heavy (non-hydrogen) atoms. The Hall–Kier alpha value is -1.16. The summed E-state index contributed by atoms with van der Waals surface area (Å²) >= 11 is 0. The van der Waals surface area contributed by atoms with Gasteiger partial charge in [0.25, 0.3) is 0 Å². The predicted octanol–water partition coefficient (Wildman–Crippen LogP) is 2.60. The van der Waals surface area contributed by atoms with Gasteiger partial charge in [0.2, 0.25) is 0 Å². The smallest absolute Gasteiger partial charge is 0.147 e. The zero-order valence-electron chi connectivity index (χ0n) is 12.8. The van der Waals surface area contributed by atoms with Gasteiger partial charge < -0.3 is 10.2 Å². The van der Waals surface area contributed by atoms with Crippen molar-refractivity contribution in [1.29, 1.82) is 0 Å². The van der Waals surface area contributed by atoms with Crippen molar-refractivity contribution in [2.45, 2.75) is 59.2 Å². The molecule has 0 spiro atoms. The van der Waals surface area contributed by atoms with E-state index in [1.807, 2.05) is 12.4 Å². The minimum Gasteiger partial charge on any atom is -0.355 e. The standard InChI is InChI=1S/C15H26N4/c1-11(15(2,3)4)19(5)14-10-16-8-13(18-14)9-17-12-6-7-12/h8,10-12,17H,6-7,9H2,1-5H3. The first-order valence-corrected chi connectivity index (χ1v) is 7.15. The van der Waals surface area contributed by atoms with Crippen LogP contribution in [0.4, 0.5) is 5.82 Å². The summed E-state index contributed by atoms with van der Waals surface area (Å²) in [6.45, 7) is 9.81. The van der Waals surface area contributed by atoms with Crippen LogP contribution in [0.5, 0.6) is 0 Å². The molecule has 1 aromatic heterocycles. The van der Waals surface area contributed by atoms with Gasteiger partial charge in [-0.05, 0) is 25.2 Å². The lowest BCUT2D eigenvalue weighted by atomic mass is 9.87. The molecule has 2 rings (SSSR count). The van der Waals surface area contributed by atoms with Crippen molar-refractivity contribution in [3.63, 3.8) is 0 Å². The lowest BCUT2D eigenvalue weighted by Gasteiger charge is -2.36. The molecule has 1 aliphatic carbocycles. The predicted molar refractivity (Wildman–Crippen MR) is 79.2 cm³/mol. The van der Waals surface area contributed by atoms with Crippen LogP contribution in [0.2, 0.25) is 0 Å². The summed E-state index contributed by atoms with van der Waals surface area (Å²) in [6, 6.07) is 1.12. The monoisotopic (exact) mass is 262 g/mol. The van der Waals surface area contributed by atoms with Crippen LogP contribution in [-0.2, 0) is 6.54 Å². The van der Waals surface area contributed by atoms with Gasteiger partial charge in [0, 0.05) is 31.9 Å². The van der Waals surface area contributed by atoms with Gasteiger partial charge in [0.1, 0.15) is 5.82 Å². The Morgan fingerprint density at radius 2 is 2.05 bits per heavy atom. The average Bonchev–Trinajstić information content (AvgIpc) is 3.18. The molecule has 1 saturated carbocycles. The van der Waals surface area contributed by atoms with E-state index in [0.29, 0.717) is 12.1 Å². The van der Waals surface area contributed by atoms with Crippen molar-refractivity contribution in [3.8, 4) is 0 Å². The summed E-state index contributed by atoms with van der Waals surface area (Å²) in [5.41, 5.74) is 1.25. The Labute approximate surface area is 116 Å². The van der Waals surface area contributed by atoms with Gasteiger partial charge in [-0.1, -0.05) is 20.8 Å². The number of rotatable bonds is 5. The summed E-state index contributed by atoms with van der Waals surface area (Å²) in [5, 5.41) is 3.48. The lowest BCUT2D eigenvalue weighted by molar-refractivity contribution is 0.328. The van der Waals surface area contributed by atoms with E-state index in [0.717, 1.165) is 18.1 Å². The normalized spacial score (nSPS) is 17.3. The fourth-order valence-electron chi connectivity index (χ4n) is 1.97. The van der Waals surface area contributed by atoms with Gasteiger partial charge in [-0.15, -0.1) is 0 Å². The second-order valence-corrected chi connectivity index (χ2v) is 6.68. The van der Waals surface area contributed by atoms with Crippen LogP contribution in [-0.4, -0.2) is 29.1 Å². The van der Waals surface area contributed by atoms with Crippen molar-refractivity contribution < 1.29 is 0 Å². The first kappa shape index (κ1) is 14.3. The maximum atomic E-state index is 4.71. The Bertz CT molecular complexity index is 420. The number of nitrogens with one attached hydrogen (secondary N) is 1. The fraction of sp³-hybridized carbons (Fsp3) is 0.733. The van der Waals surface area contributed by atoms with Gasteiger partial charge in [-0.2, -0.15) is 0 Å². The maximum Gasteiger partial charge on any atom is 0.147 e. The first-order chi connectivity index (χ1) is 8.88. The molecule has 0 radical (unpaired) electrons. The topological polar surface area (TPSA) is 41.1 Å². The zero-order chi connectivity index (χ0) is 14.0. The molecule has 0 saturated heterocycles. The summed E-state index contributed by atoms with van der Waals surface area (Å²) in [4.78, 5) is 11.2. The molecule has 1 unspecified atom stereocenters. The molecule has 1 N–H and O–H groups in total. The molecule has 1 aliphatic rings. The highest BCUT2D eigenvalue weighted by atomic mass is 15.2. The van der Waals surface area contributed by atoms with E-state index in [1.165, 1.54) is 12.8 Å². The van der Waals surface area contributed by atoms with Crippen LogP contribution >= 0.6 is 0 Å². The quantitative estimate of drug-likeness (QED) is 0.885. The largest absolute Gasteiger partial charge is 0.355 e. The molecule has 1 heterocycles. The molecule has 1 atom stereocenters. The van der Waals surface area contributed by atoms with Crippen LogP contribution in [0.15, 0.2) is 12.4 Å². The van der Waals surface area contributed by atoms with Crippen LogP contribution in [0.1, 0.15) is 46.2 Å². The molecule has 0 bridgehead atoms. The molecular formula is C15H26N4. The number of hydrogen-bond donors (Lipinski definition) is 1. The van der Waals surface area contributed by atoms with Gasteiger partial charge in [-0.25, -0.2) is 4.98 Å². The van der Waals surface area contributed by atoms with E-state index in [1.54, 1.807) is 0 Å². The Kier molecular flexibility index (Phi) is 4.09. The first-order valence-electron chi connectivity index (χ1n) is 7.15. The highest BCUT2D eigenvalue weighted by Crippen LogP contribution is 2.26. The van der Waals surface area contributed by atoms with E-state index in [4.69, 9.17) is 4.98 Å². The summed E-state index contributed by atoms with van der Waals surface area (Å²) < 4.78 is 0. The van der Waals surface area contributed by atoms with Gasteiger partial charge >= 0.3 is 0 Å². The number of hydrogen-bond acceptors (Lipinski definition) is 4. The van der Waals surface area contributed by atoms with Crippen LogP contribution in [0.25, 0.3) is 0 Å². The highest BCUT2D eigenvalue weighted by Gasteiger charge is 2.25. The minimum atomic E-state index is 0.221. The second-order valence-electron chi connectivity index (χ2n) is 6.68. The lowest BCUT2D eigenvalue weighted by Crippen LogP contribution is -2.40. The number of nitrogens with zero attached hydrogens (tertiary/aromatic N) is 3. The Balaban J connectivity index is 2.04. The zero-order valence-corrected chi connectivity index (χ0v) is 12.8. The molecule has 4 nitrogen and oxygen atoms in total. The van der Waals surface area contributed by atoms with Gasteiger partial charge in [0.05, 0.1) is 11.9 Å². The van der Waals surface area contributed by atoms with E-state index >= 15 is 0 Å². The summed E-state index contributed by atoms with van der Waals surface area (Å²) in [6.07, 6.45) is 6.31. The van der Waals surface area contributed by atoms with E-state index in [-0.39, 0.29) is 5.41 Å². The molecule has 0 aromatic carbocycles. The van der Waals surface area contributed by atoms with E-state index in [2.05, 4.69) is 49.9 Å². The number of aromatic nitrogens is 2. The molecule has 0 amide bonds. The van der Waals surface area contributed by atoms with Crippen molar-refractivity contribution in [1.82, 2.24) is 15.3 Å². The van der Waals surface area contributed by atoms with Crippen molar-refractivity contribution in [2.75, 3.05) is 11.9 Å². The second kappa shape index (κ2) is 5.45. The van der Waals surface area contributed by atoms with E-state index in [9.17, 15) is 0 Å². The molecule has 0 aliphatic heterocycles. The summed E-state index contributed by atoms with van der Waals surface area (Å²) in [5.74, 6) is 0.956.